The van der Waals surface area contributed by atoms with Gasteiger partial charge < -0.3 is 24.3 Å². The molecule has 2 aromatic rings. The van der Waals surface area contributed by atoms with Gasteiger partial charge in [-0.2, -0.15) is 14.4 Å². The molecule has 4 rings (SSSR count). The summed E-state index contributed by atoms with van der Waals surface area (Å²) in [6.07, 6.45) is 0. The molecule has 0 spiro atoms. The van der Waals surface area contributed by atoms with Crippen LogP contribution in [-0.4, -0.2) is 76.5 Å². The van der Waals surface area contributed by atoms with Crippen LogP contribution in [0.1, 0.15) is 0 Å². The van der Waals surface area contributed by atoms with E-state index in [1.165, 1.54) is 0 Å². The highest BCUT2D eigenvalue weighted by Crippen LogP contribution is 2.30. The molecule has 29 heavy (non-hydrogen) atoms. The number of morpholine rings is 1. The number of nitrogens with zero attached hydrogens (tertiary/aromatic N) is 6. The van der Waals surface area contributed by atoms with Crippen LogP contribution in [0.4, 0.5) is 27.7 Å². The molecule has 2 aliphatic heterocycles. The predicted molar refractivity (Wildman–Crippen MR) is 115 cm³/mol. The van der Waals surface area contributed by atoms with Crippen molar-refractivity contribution in [2.24, 2.45) is 0 Å². The molecule has 0 amide bonds. The lowest BCUT2D eigenvalue weighted by molar-refractivity contribution is 0.122. The number of halogens is 2. The highest BCUT2D eigenvalue weighted by molar-refractivity contribution is 6.30. The van der Waals surface area contributed by atoms with Crippen molar-refractivity contribution in [1.82, 2.24) is 9.97 Å². The standard InChI is InChI=1S/C20H26ClFN6O/c1-25(2)20-23-18(17(22)19(24-20)28-11-13-29-14-12-28)27-9-7-26(8-10-27)16-5-3-15(21)4-6-16/h3-6H,7-14H2,1-2H3. The minimum absolute atomic E-state index is 0.350. The molecule has 3 heterocycles. The van der Waals surface area contributed by atoms with Crippen LogP contribution in [0.3, 0.4) is 0 Å². The summed E-state index contributed by atoms with van der Waals surface area (Å²) in [4.78, 5) is 17.1. The molecular weight excluding hydrogens is 395 g/mol. The van der Waals surface area contributed by atoms with Crippen molar-refractivity contribution in [3.63, 3.8) is 0 Å². The van der Waals surface area contributed by atoms with Gasteiger partial charge in [-0.05, 0) is 24.3 Å². The fourth-order valence-electron chi connectivity index (χ4n) is 3.64. The molecule has 1 aromatic heterocycles. The van der Waals surface area contributed by atoms with E-state index >= 15 is 4.39 Å². The molecule has 7 nitrogen and oxygen atoms in total. The SMILES string of the molecule is CN(C)c1nc(N2CCOCC2)c(F)c(N2CCN(c3ccc(Cl)cc3)CC2)n1. The molecule has 0 radical (unpaired) electrons. The molecular formula is C20H26ClFN6O. The van der Waals surface area contributed by atoms with Crippen molar-refractivity contribution >= 4 is 34.9 Å². The van der Waals surface area contributed by atoms with E-state index in [0.29, 0.717) is 57.0 Å². The fourth-order valence-corrected chi connectivity index (χ4v) is 3.76. The van der Waals surface area contributed by atoms with E-state index in [1.54, 1.807) is 0 Å². The largest absolute Gasteiger partial charge is 0.378 e. The van der Waals surface area contributed by atoms with Crippen LogP contribution >= 0.6 is 11.6 Å². The van der Waals surface area contributed by atoms with Gasteiger partial charge in [-0.15, -0.1) is 0 Å². The van der Waals surface area contributed by atoms with Crippen LogP contribution in [-0.2, 0) is 4.74 Å². The molecule has 0 atom stereocenters. The van der Waals surface area contributed by atoms with Crippen molar-refractivity contribution < 1.29 is 9.13 Å². The third kappa shape index (κ3) is 4.33. The van der Waals surface area contributed by atoms with Crippen molar-refractivity contribution in [1.29, 1.82) is 0 Å². The number of aromatic nitrogens is 2. The molecule has 0 aliphatic carbocycles. The van der Waals surface area contributed by atoms with Gasteiger partial charge in [-0.25, -0.2) is 0 Å². The van der Waals surface area contributed by atoms with E-state index in [2.05, 4.69) is 14.9 Å². The normalized spacial score (nSPS) is 17.6. The Labute approximate surface area is 175 Å². The van der Waals surface area contributed by atoms with Crippen LogP contribution < -0.4 is 19.6 Å². The zero-order chi connectivity index (χ0) is 20.4. The van der Waals surface area contributed by atoms with Crippen LogP contribution in [0, 0.1) is 5.82 Å². The molecule has 2 fully saturated rings. The summed E-state index contributed by atoms with van der Waals surface area (Å²) in [5.74, 6) is 0.906. The number of benzene rings is 1. The molecule has 156 valence electrons. The second-order valence-corrected chi connectivity index (χ2v) is 7.87. The maximum atomic E-state index is 15.5. The molecule has 2 saturated heterocycles. The summed E-state index contributed by atoms with van der Waals surface area (Å²) in [6.45, 7) is 5.36. The average Bonchev–Trinajstić information content (AvgIpc) is 2.75. The van der Waals surface area contributed by atoms with Gasteiger partial charge in [0, 0.05) is 64.1 Å². The Morgan fingerprint density at radius 3 is 1.93 bits per heavy atom. The van der Waals surface area contributed by atoms with Crippen molar-refractivity contribution in [2.75, 3.05) is 86.2 Å². The Balaban J connectivity index is 1.56. The topological polar surface area (TPSA) is 48.0 Å². The van der Waals surface area contributed by atoms with Crippen molar-refractivity contribution in [3.8, 4) is 0 Å². The van der Waals surface area contributed by atoms with Gasteiger partial charge >= 0.3 is 0 Å². The second kappa shape index (κ2) is 8.59. The number of hydrogen-bond donors (Lipinski definition) is 0. The molecule has 0 saturated carbocycles. The van der Waals surface area contributed by atoms with E-state index in [0.717, 1.165) is 23.8 Å². The lowest BCUT2D eigenvalue weighted by atomic mass is 10.2. The van der Waals surface area contributed by atoms with Crippen LogP contribution in [0.15, 0.2) is 24.3 Å². The maximum absolute atomic E-state index is 15.5. The molecule has 9 heteroatoms. The predicted octanol–water partition coefficient (Wildman–Crippen LogP) is 2.50. The van der Waals surface area contributed by atoms with Gasteiger partial charge in [0.1, 0.15) is 0 Å². The zero-order valence-electron chi connectivity index (χ0n) is 16.8. The van der Waals surface area contributed by atoms with Gasteiger partial charge in [0.2, 0.25) is 11.8 Å². The molecule has 0 unspecified atom stereocenters. The van der Waals surface area contributed by atoms with Crippen LogP contribution in [0.5, 0.6) is 0 Å². The minimum Gasteiger partial charge on any atom is -0.378 e. The van der Waals surface area contributed by atoms with Crippen LogP contribution in [0.25, 0.3) is 0 Å². The highest BCUT2D eigenvalue weighted by Gasteiger charge is 2.27. The first-order chi connectivity index (χ1) is 14.0. The first-order valence-corrected chi connectivity index (χ1v) is 10.2. The number of piperazine rings is 1. The van der Waals surface area contributed by atoms with E-state index in [4.69, 9.17) is 16.3 Å². The number of ether oxygens (including phenoxy) is 1. The summed E-state index contributed by atoms with van der Waals surface area (Å²) >= 11 is 5.99. The average molecular weight is 421 g/mol. The molecule has 0 bridgehead atoms. The van der Waals surface area contributed by atoms with E-state index < -0.39 is 0 Å². The lowest BCUT2D eigenvalue weighted by Crippen LogP contribution is -2.47. The number of rotatable bonds is 4. The molecule has 0 N–H and O–H groups in total. The van der Waals surface area contributed by atoms with Gasteiger partial charge in [0.15, 0.2) is 11.6 Å². The third-order valence-electron chi connectivity index (χ3n) is 5.29. The van der Waals surface area contributed by atoms with Gasteiger partial charge in [-0.3, -0.25) is 0 Å². The number of hydrogen-bond acceptors (Lipinski definition) is 7. The minimum atomic E-state index is -0.350. The fraction of sp³-hybridized carbons (Fsp3) is 0.500. The van der Waals surface area contributed by atoms with Gasteiger partial charge in [-0.1, -0.05) is 11.6 Å². The summed E-state index contributed by atoms with van der Waals surface area (Å²) in [5, 5.41) is 0.724. The van der Waals surface area contributed by atoms with Gasteiger partial charge in [0.05, 0.1) is 13.2 Å². The van der Waals surface area contributed by atoms with Crippen molar-refractivity contribution in [2.45, 2.75) is 0 Å². The Hall–Kier alpha value is -2.32. The third-order valence-corrected chi connectivity index (χ3v) is 5.54. The Morgan fingerprint density at radius 2 is 1.38 bits per heavy atom. The second-order valence-electron chi connectivity index (χ2n) is 7.43. The Bertz CT molecular complexity index is 836. The Morgan fingerprint density at radius 1 is 0.862 bits per heavy atom. The highest BCUT2D eigenvalue weighted by atomic mass is 35.5. The molecule has 1 aromatic carbocycles. The van der Waals surface area contributed by atoms with E-state index in [1.807, 2.05) is 53.1 Å². The zero-order valence-corrected chi connectivity index (χ0v) is 17.6. The Kier molecular flexibility index (Phi) is 5.91. The summed E-state index contributed by atoms with van der Waals surface area (Å²) in [7, 11) is 3.75. The van der Waals surface area contributed by atoms with E-state index in [9.17, 15) is 0 Å². The summed E-state index contributed by atoms with van der Waals surface area (Å²) in [5.41, 5.74) is 1.13. The lowest BCUT2D eigenvalue weighted by Gasteiger charge is -2.37. The smallest absolute Gasteiger partial charge is 0.228 e. The van der Waals surface area contributed by atoms with Gasteiger partial charge in [0.25, 0.3) is 0 Å². The summed E-state index contributed by atoms with van der Waals surface area (Å²) in [6, 6.07) is 7.82. The monoisotopic (exact) mass is 420 g/mol. The first-order valence-electron chi connectivity index (χ1n) is 9.86. The van der Waals surface area contributed by atoms with Crippen LogP contribution in [0.2, 0.25) is 5.02 Å². The quantitative estimate of drug-likeness (QED) is 0.753. The summed E-state index contributed by atoms with van der Waals surface area (Å²) < 4.78 is 20.9. The number of anilines is 4. The first kappa shape index (κ1) is 20.0. The van der Waals surface area contributed by atoms with E-state index in [-0.39, 0.29) is 5.82 Å². The van der Waals surface area contributed by atoms with Crippen molar-refractivity contribution in [3.05, 3.63) is 35.1 Å². The maximum Gasteiger partial charge on any atom is 0.228 e. The molecule has 2 aliphatic rings.